The molecule has 0 bridgehead atoms. The minimum absolute atomic E-state index is 0.0626. The lowest BCUT2D eigenvalue weighted by Crippen LogP contribution is -2.43. The van der Waals surface area contributed by atoms with Crippen LogP contribution in [0.1, 0.15) is 25.0 Å². The molecule has 2 aromatic rings. The van der Waals surface area contributed by atoms with Gasteiger partial charge in [-0.3, -0.25) is 4.79 Å². The highest BCUT2D eigenvalue weighted by atomic mass is 35.5. The average molecular weight is 390 g/mol. The average Bonchev–Trinajstić information content (AvgIpc) is 2.76. The van der Waals surface area contributed by atoms with Crippen molar-refractivity contribution in [1.29, 1.82) is 0 Å². The van der Waals surface area contributed by atoms with Gasteiger partial charge in [0.2, 0.25) is 0 Å². The molecule has 0 spiro atoms. The van der Waals surface area contributed by atoms with E-state index in [0.717, 1.165) is 22.8 Å². The topological polar surface area (TPSA) is 29.5 Å². The summed E-state index contributed by atoms with van der Waals surface area (Å²) in [5.41, 5.74) is 2.28. The minimum atomic E-state index is -0.448. The summed E-state index contributed by atoms with van der Waals surface area (Å²) in [4.78, 5) is 14.9. The molecule has 1 unspecified atom stereocenters. The van der Waals surface area contributed by atoms with Crippen LogP contribution in [0.4, 0.5) is 0 Å². The summed E-state index contributed by atoms with van der Waals surface area (Å²) in [5.74, 6) is 2.79. The summed E-state index contributed by atoms with van der Waals surface area (Å²) >= 11 is 7.99. The van der Waals surface area contributed by atoms with Gasteiger partial charge < -0.3 is 9.64 Å². The van der Waals surface area contributed by atoms with E-state index in [0.29, 0.717) is 18.1 Å². The van der Waals surface area contributed by atoms with E-state index in [2.05, 4.69) is 24.3 Å². The zero-order valence-corrected chi connectivity index (χ0v) is 16.7. The molecule has 0 saturated heterocycles. The first kappa shape index (κ1) is 19.1. The first-order valence-electron chi connectivity index (χ1n) is 8.90. The predicted octanol–water partition coefficient (Wildman–Crippen LogP) is 5.02. The molecule has 0 saturated carbocycles. The number of carbonyl (C=O) groups is 1. The van der Waals surface area contributed by atoms with Crippen LogP contribution >= 0.6 is 23.4 Å². The van der Waals surface area contributed by atoms with Crippen molar-refractivity contribution >= 4 is 29.3 Å². The van der Waals surface area contributed by atoms with Gasteiger partial charge in [-0.1, -0.05) is 55.8 Å². The Labute approximate surface area is 164 Å². The van der Waals surface area contributed by atoms with Crippen LogP contribution in [0.2, 0.25) is 5.02 Å². The zero-order chi connectivity index (χ0) is 18.5. The van der Waals surface area contributed by atoms with Crippen molar-refractivity contribution in [2.45, 2.75) is 32.2 Å². The summed E-state index contributed by atoms with van der Waals surface area (Å²) in [6, 6.07) is 16.0. The predicted molar refractivity (Wildman–Crippen MR) is 109 cm³/mol. The normalized spacial score (nSPS) is 17.0. The van der Waals surface area contributed by atoms with Gasteiger partial charge >= 0.3 is 0 Å². The van der Waals surface area contributed by atoms with E-state index < -0.39 is 6.10 Å². The number of amides is 1. The van der Waals surface area contributed by atoms with Gasteiger partial charge in [-0.25, -0.2) is 0 Å². The smallest absolute Gasteiger partial charge is 0.264 e. The fourth-order valence-corrected chi connectivity index (χ4v) is 4.10. The lowest BCUT2D eigenvalue weighted by atomic mass is 10.1. The summed E-state index contributed by atoms with van der Waals surface area (Å²) in [6.07, 6.45) is -0.448. The Balaban J connectivity index is 1.67. The number of halogens is 1. The number of ether oxygens (including phenoxy) is 1. The molecule has 0 fully saturated rings. The fourth-order valence-electron chi connectivity index (χ4n) is 2.99. The van der Waals surface area contributed by atoms with Gasteiger partial charge in [0.05, 0.1) is 0 Å². The Hall–Kier alpha value is -1.65. The van der Waals surface area contributed by atoms with Gasteiger partial charge in [0.1, 0.15) is 5.75 Å². The third-order valence-electron chi connectivity index (χ3n) is 4.42. The molecule has 1 aliphatic heterocycles. The number of hydrogen-bond acceptors (Lipinski definition) is 3. The maximum absolute atomic E-state index is 13.0. The Bertz CT molecular complexity index is 751. The Kier molecular flexibility index (Phi) is 6.49. The maximum Gasteiger partial charge on any atom is 0.264 e. The molecule has 3 nitrogen and oxygen atoms in total. The molecular formula is C21H24ClNO2S. The highest BCUT2D eigenvalue weighted by molar-refractivity contribution is 7.98. The van der Waals surface area contributed by atoms with Crippen LogP contribution in [-0.4, -0.2) is 29.2 Å². The van der Waals surface area contributed by atoms with Crippen LogP contribution in [0.25, 0.3) is 0 Å². The van der Waals surface area contributed by atoms with Gasteiger partial charge in [0.15, 0.2) is 6.10 Å². The third kappa shape index (κ3) is 4.74. The molecule has 1 amide bonds. The highest BCUT2D eigenvalue weighted by Gasteiger charge is 2.33. The van der Waals surface area contributed by atoms with Crippen LogP contribution in [0.5, 0.6) is 5.75 Å². The van der Waals surface area contributed by atoms with E-state index in [-0.39, 0.29) is 11.8 Å². The number of nitrogens with zero attached hydrogens (tertiary/aromatic N) is 1. The van der Waals surface area contributed by atoms with E-state index in [9.17, 15) is 4.79 Å². The molecule has 1 heterocycles. The summed E-state index contributed by atoms with van der Waals surface area (Å²) in [7, 11) is 0. The molecule has 1 atom stereocenters. The van der Waals surface area contributed by atoms with Crippen LogP contribution in [-0.2, 0) is 17.1 Å². The minimum Gasteiger partial charge on any atom is -0.480 e. The number of carbonyl (C=O) groups excluding carboxylic acids is 1. The fraction of sp³-hybridized carbons (Fsp3) is 0.381. The Morgan fingerprint density at radius 1 is 1.23 bits per heavy atom. The first-order chi connectivity index (χ1) is 12.5. The molecule has 0 aliphatic carbocycles. The maximum atomic E-state index is 13.0. The number of rotatable bonds is 6. The van der Waals surface area contributed by atoms with Crippen molar-refractivity contribution in [1.82, 2.24) is 4.90 Å². The second kappa shape index (κ2) is 8.83. The molecule has 0 radical (unpaired) electrons. The molecule has 0 N–H and O–H groups in total. The van der Waals surface area contributed by atoms with Crippen LogP contribution < -0.4 is 4.74 Å². The van der Waals surface area contributed by atoms with Gasteiger partial charge in [0, 0.05) is 35.2 Å². The van der Waals surface area contributed by atoms with Gasteiger partial charge in [-0.2, -0.15) is 11.8 Å². The number of fused-ring (bicyclic) bond motifs is 1. The standard InChI is InChI=1S/C21H24ClNO2S/c1-15(2)20-21(24)23(10-11-26-14-16-6-4-3-5-7-16)13-17-12-18(22)8-9-19(17)25-20/h3-9,12,15,20H,10-11,13-14H2,1-2H3. The second-order valence-electron chi connectivity index (χ2n) is 6.83. The van der Waals surface area contributed by atoms with Crippen molar-refractivity contribution in [2.24, 2.45) is 5.92 Å². The van der Waals surface area contributed by atoms with Crippen molar-refractivity contribution in [3.8, 4) is 5.75 Å². The summed E-state index contributed by atoms with van der Waals surface area (Å²) < 4.78 is 6.03. The highest BCUT2D eigenvalue weighted by Crippen LogP contribution is 2.30. The van der Waals surface area contributed by atoms with Crippen LogP contribution in [0, 0.1) is 5.92 Å². The molecule has 5 heteroatoms. The molecule has 2 aromatic carbocycles. The van der Waals surface area contributed by atoms with E-state index in [1.807, 2.05) is 54.8 Å². The number of thioether (sulfide) groups is 1. The van der Waals surface area contributed by atoms with Gasteiger partial charge in [0.25, 0.3) is 5.91 Å². The summed E-state index contributed by atoms with van der Waals surface area (Å²) in [6.45, 7) is 5.29. The van der Waals surface area contributed by atoms with Crippen molar-refractivity contribution < 1.29 is 9.53 Å². The van der Waals surface area contributed by atoms with Crippen molar-refractivity contribution in [2.75, 3.05) is 12.3 Å². The molecular weight excluding hydrogens is 366 g/mol. The monoisotopic (exact) mass is 389 g/mol. The SMILES string of the molecule is CC(C)C1Oc2ccc(Cl)cc2CN(CCSCc2ccccc2)C1=O. The Morgan fingerprint density at radius 2 is 2.00 bits per heavy atom. The lowest BCUT2D eigenvalue weighted by molar-refractivity contribution is -0.139. The van der Waals surface area contributed by atoms with E-state index in [4.69, 9.17) is 16.3 Å². The molecule has 138 valence electrons. The van der Waals surface area contributed by atoms with E-state index in [1.54, 1.807) is 0 Å². The number of benzene rings is 2. The van der Waals surface area contributed by atoms with Gasteiger partial charge in [-0.05, 0) is 29.7 Å². The van der Waals surface area contributed by atoms with Gasteiger partial charge in [-0.15, -0.1) is 0 Å². The molecule has 26 heavy (non-hydrogen) atoms. The second-order valence-corrected chi connectivity index (χ2v) is 8.37. The quantitative estimate of drug-likeness (QED) is 0.649. The third-order valence-corrected chi connectivity index (χ3v) is 5.66. The van der Waals surface area contributed by atoms with Crippen LogP contribution in [0.15, 0.2) is 48.5 Å². The first-order valence-corrected chi connectivity index (χ1v) is 10.4. The Morgan fingerprint density at radius 3 is 2.73 bits per heavy atom. The largest absolute Gasteiger partial charge is 0.480 e. The van der Waals surface area contributed by atoms with Crippen molar-refractivity contribution in [3.63, 3.8) is 0 Å². The zero-order valence-electron chi connectivity index (χ0n) is 15.2. The van der Waals surface area contributed by atoms with E-state index >= 15 is 0 Å². The van der Waals surface area contributed by atoms with E-state index in [1.165, 1.54) is 5.56 Å². The molecule has 1 aliphatic rings. The molecule has 3 rings (SSSR count). The number of hydrogen-bond donors (Lipinski definition) is 0. The van der Waals surface area contributed by atoms with Crippen LogP contribution in [0.3, 0.4) is 0 Å². The molecule has 0 aromatic heterocycles. The lowest BCUT2D eigenvalue weighted by Gasteiger charge is -2.25. The summed E-state index contributed by atoms with van der Waals surface area (Å²) in [5, 5.41) is 0.668. The van der Waals surface area contributed by atoms with Crippen molar-refractivity contribution in [3.05, 3.63) is 64.7 Å².